The van der Waals surface area contributed by atoms with E-state index in [1.165, 1.54) is 29.1 Å². The molecule has 0 fully saturated rings. The van der Waals surface area contributed by atoms with Crippen molar-refractivity contribution in [3.63, 3.8) is 0 Å². The maximum Gasteiger partial charge on any atom is 0.191 e. The van der Waals surface area contributed by atoms with Crippen molar-refractivity contribution in [2.45, 2.75) is 18.2 Å². The first kappa shape index (κ1) is 24.1. The quantitative estimate of drug-likeness (QED) is 0.230. The summed E-state index contributed by atoms with van der Waals surface area (Å²) in [5.74, 6) is -0.455. The van der Waals surface area contributed by atoms with Crippen LogP contribution in [0.3, 0.4) is 0 Å². The molecule has 1 aromatic heterocycles. The molecule has 30 heavy (non-hydrogen) atoms. The number of nitrogens with zero attached hydrogens (tertiary/aromatic N) is 1. The number of benzene rings is 2. The lowest BCUT2D eigenvalue weighted by Gasteiger charge is -2.11. The molecular weight excluding hydrogens is 518 g/mol. The minimum absolute atomic E-state index is 0. The fraction of sp³-hybridized carbons (Fsp3) is 0.286. The van der Waals surface area contributed by atoms with Crippen molar-refractivity contribution >= 4 is 50.7 Å². The number of rotatable bonds is 8. The molecule has 0 saturated heterocycles. The molecule has 1 heterocycles. The van der Waals surface area contributed by atoms with Gasteiger partial charge in [-0.15, -0.1) is 24.0 Å². The van der Waals surface area contributed by atoms with Gasteiger partial charge in [-0.3, -0.25) is 4.99 Å². The first-order valence-electron chi connectivity index (χ1n) is 9.55. The van der Waals surface area contributed by atoms with Gasteiger partial charge >= 0.3 is 0 Å². The summed E-state index contributed by atoms with van der Waals surface area (Å²) in [6, 6.07) is 13.5. The molecule has 3 aromatic rings. The van der Waals surface area contributed by atoms with Crippen molar-refractivity contribution in [1.82, 2.24) is 15.6 Å². The Morgan fingerprint density at radius 2 is 1.83 bits per heavy atom. The molecule has 0 aliphatic rings. The second-order valence-corrected chi connectivity index (χ2v) is 8.62. The Morgan fingerprint density at radius 3 is 2.60 bits per heavy atom. The number of hydrogen-bond donors (Lipinski definition) is 3. The molecule has 0 unspecified atom stereocenters. The SMILES string of the molecule is CCNC(=NCCS(=O)(=O)c1ccccc1F)NCCc1c[nH]c2ccccc12.I. The first-order chi connectivity index (χ1) is 14.0. The third kappa shape index (κ3) is 6.18. The molecule has 0 spiro atoms. The van der Waals surface area contributed by atoms with Crippen LogP contribution in [0.25, 0.3) is 10.9 Å². The average Bonchev–Trinajstić information content (AvgIpc) is 3.11. The number of aromatic nitrogens is 1. The van der Waals surface area contributed by atoms with Crippen LogP contribution in [-0.2, 0) is 16.3 Å². The number of guanidine groups is 1. The van der Waals surface area contributed by atoms with Gasteiger partial charge in [-0.25, -0.2) is 12.8 Å². The molecule has 0 radical (unpaired) electrons. The highest BCUT2D eigenvalue weighted by atomic mass is 127. The molecule has 2 aromatic carbocycles. The first-order valence-corrected chi connectivity index (χ1v) is 11.2. The van der Waals surface area contributed by atoms with E-state index in [9.17, 15) is 12.8 Å². The molecule has 0 amide bonds. The van der Waals surface area contributed by atoms with Crippen LogP contribution in [0.4, 0.5) is 4.39 Å². The molecule has 0 bridgehead atoms. The zero-order valence-corrected chi connectivity index (χ0v) is 19.8. The highest BCUT2D eigenvalue weighted by Gasteiger charge is 2.18. The van der Waals surface area contributed by atoms with Crippen molar-refractivity contribution in [2.75, 3.05) is 25.4 Å². The van der Waals surface area contributed by atoms with Crippen molar-refractivity contribution in [2.24, 2.45) is 4.99 Å². The summed E-state index contributed by atoms with van der Waals surface area (Å²) in [5.41, 5.74) is 2.30. The van der Waals surface area contributed by atoms with Gasteiger partial charge in [0.25, 0.3) is 0 Å². The Morgan fingerprint density at radius 1 is 1.10 bits per heavy atom. The molecule has 0 saturated carbocycles. The van der Waals surface area contributed by atoms with Gasteiger partial charge in [0.2, 0.25) is 0 Å². The number of H-pyrrole nitrogens is 1. The van der Waals surface area contributed by atoms with Crippen LogP contribution < -0.4 is 10.6 Å². The normalized spacial score (nSPS) is 11.9. The Bertz CT molecular complexity index is 1100. The van der Waals surface area contributed by atoms with E-state index in [1.54, 1.807) is 0 Å². The maximum atomic E-state index is 13.8. The van der Waals surface area contributed by atoms with Crippen LogP contribution in [0.15, 0.2) is 64.6 Å². The Hall–Kier alpha value is -2.14. The van der Waals surface area contributed by atoms with E-state index in [4.69, 9.17) is 0 Å². The molecule has 3 N–H and O–H groups in total. The van der Waals surface area contributed by atoms with Gasteiger partial charge in [0.15, 0.2) is 15.8 Å². The third-order valence-corrected chi connectivity index (χ3v) is 6.23. The maximum absolute atomic E-state index is 13.8. The van der Waals surface area contributed by atoms with Crippen molar-refractivity contribution in [3.8, 4) is 0 Å². The summed E-state index contributed by atoms with van der Waals surface area (Å²) in [6.45, 7) is 3.28. The van der Waals surface area contributed by atoms with Gasteiger partial charge in [0, 0.05) is 30.2 Å². The molecule has 9 heteroatoms. The van der Waals surface area contributed by atoms with E-state index in [2.05, 4.69) is 26.7 Å². The van der Waals surface area contributed by atoms with Crippen LogP contribution in [0.2, 0.25) is 0 Å². The Balaban J connectivity index is 0.00000320. The number of sulfone groups is 1. The van der Waals surface area contributed by atoms with Crippen LogP contribution >= 0.6 is 24.0 Å². The monoisotopic (exact) mass is 544 g/mol. The topological polar surface area (TPSA) is 86.3 Å². The third-order valence-electron chi connectivity index (χ3n) is 4.51. The molecule has 6 nitrogen and oxygen atoms in total. The highest BCUT2D eigenvalue weighted by Crippen LogP contribution is 2.17. The lowest BCUT2D eigenvalue weighted by atomic mass is 10.1. The number of halogens is 2. The molecular formula is C21H26FIN4O2S. The van der Waals surface area contributed by atoms with Crippen LogP contribution in [-0.4, -0.2) is 44.7 Å². The second kappa shape index (κ2) is 11.3. The smallest absolute Gasteiger partial charge is 0.191 e. The van der Waals surface area contributed by atoms with Crippen LogP contribution in [0.5, 0.6) is 0 Å². The zero-order valence-electron chi connectivity index (χ0n) is 16.7. The predicted molar refractivity (Wildman–Crippen MR) is 130 cm³/mol. The molecule has 0 aliphatic heterocycles. The van der Waals surface area contributed by atoms with Crippen molar-refractivity contribution in [1.29, 1.82) is 0 Å². The van der Waals surface area contributed by atoms with Gasteiger partial charge in [-0.2, -0.15) is 0 Å². The van der Waals surface area contributed by atoms with Gasteiger partial charge in [0.05, 0.1) is 12.3 Å². The summed E-state index contributed by atoms with van der Waals surface area (Å²) in [4.78, 5) is 7.29. The number of fused-ring (bicyclic) bond motifs is 1. The summed E-state index contributed by atoms with van der Waals surface area (Å²) >= 11 is 0. The Labute approximate surface area is 193 Å². The van der Waals surface area contributed by atoms with E-state index in [0.29, 0.717) is 19.0 Å². The van der Waals surface area contributed by atoms with Crippen LogP contribution in [0.1, 0.15) is 12.5 Å². The lowest BCUT2D eigenvalue weighted by molar-refractivity contribution is 0.567. The standard InChI is InChI=1S/C21H25FN4O2S.HI/c1-2-23-21(24-12-11-16-15-26-19-9-5-3-7-17(16)19)25-13-14-29(27,28)20-10-6-4-8-18(20)22;/h3-10,15,26H,2,11-14H2,1H3,(H2,23,24,25);1H. The lowest BCUT2D eigenvalue weighted by Crippen LogP contribution is -2.38. The predicted octanol–water partition coefficient (Wildman–Crippen LogP) is 3.50. The number of hydrogen-bond acceptors (Lipinski definition) is 3. The van der Waals surface area contributed by atoms with E-state index >= 15 is 0 Å². The molecule has 3 rings (SSSR count). The molecule has 0 atom stereocenters. The van der Waals surface area contributed by atoms with E-state index in [0.717, 1.165) is 18.0 Å². The summed E-state index contributed by atoms with van der Waals surface area (Å²) < 4.78 is 38.4. The average molecular weight is 544 g/mol. The largest absolute Gasteiger partial charge is 0.361 e. The Kier molecular flexibility index (Phi) is 9.09. The van der Waals surface area contributed by atoms with E-state index < -0.39 is 15.7 Å². The van der Waals surface area contributed by atoms with Crippen molar-refractivity contribution in [3.05, 3.63) is 66.1 Å². The van der Waals surface area contributed by atoms with Gasteiger partial charge in [-0.1, -0.05) is 30.3 Å². The summed E-state index contributed by atoms with van der Waals surface area (Å²) in [6.07, 6.45) is 2.79. The zero-order chi connectivity index (χ0) is 20.7. The molecule has 162 valence electrons. The second-order valence-electron chi connectivity index (χ2n) is 6.55. The fourth-order valence-corrected chi connectivity index (χ4v) is 4.28. The number of nitrogens with one attached hydrogen (secondary N) is 3. The van der Waals surface area contributed by atoms with Gasteiger partial charge < -0.3 is 15.6 Å². The number of para-hydroxylation sites is 1. The van der Waals surface area contributed by atoms with Gasteiger partial charge in [0.1, 0.15) is 10.7 Å². The fourth-order valence-electron chi connectivity index (χ4n) is 3.08. The van der Waals surface area contributed by atoms with E-state index in [1.807, 2.05) is 31.3 Å². The number of aromatic amines is 1. The number of aliphatic imine (C=N–C) groups is 1. The summed E-state index contributed by atoms with van der Waals surface area (Å²) in [5, 5.41) is 7.50. The molecule has 0 aliphatic carbocycles. The minimum Gasteiger partial charge on any atom is -0.361 e. The summed E-state index contributed by atoms with van der Waals surface area (Å²) in [7, 11) is -3.72. The minimum atomic E-state index is -3.72. The van der Waals surface area contributed by atoms with E-state index in [-0.39, 0.29) is 41.2 Å². The highest BCUT2D eigenvalue weighted by molar-refractivity contribution is 14.0. The van der Waals surface area contributed by atoms with Gasteiger partial charge in [-0.05, 0) is 37.1 Å². The van der Waals surface area contributed by atoms with Crippen molar-refractivity contribution < 1.29 is 12.8 Å². The van der Waals surface area contributed by atoms with Crippen LogP contribution in [0, 0.1) is 5.82 Å².